The van der Waals surface area contributed by atoms with Gasteiger partial charge in [-0.15, -0.1) is 11.3 Å². The Hall–Kier alpha value is -4.70. The number of carbonyl (C=O) groups excluding carboxylic acids is 1. The van der Waals surface area contributed by atoms with Crippen molar-refractivity contribution in [2.75, 3.05) is 18.4 Å². The van der Waals surface area contributed by atoms with E-state index in [1.165, 1.54) is 23.0 Å². The molecule has 1 aliphatic rings. The lowest BCUT2D eigenvalue weighted by Crippen LogP contribution is -2.43. The fraction of sp³-hybridized carbons (Fsp3) is 0.375. The number of nitrogens with one attached hydrogen (secondary N) is 2. The molecule has 0 radical (unpaired) electrons. The number of aliphatic hydroxyl groups is 1. The first-order valence-corrected chi connectivity index (χ1v) is 18.2. The second-order valence-electron chi connectivity index (χ2n) is 13.3. The smallest absolute Gasteiger partial charge is 0.392 e. The molecule has 0 bridgehead atoms. The Morgan fingerprint density at radius 3 is 2.54 bits per heavy atom. The summed E-state index contributed by atoms with van der Waals surface area (Å²) in [6.45, 7) is 14.0. The monoisotopic (exact) mass is 730 g/mol. The Labute approximate surface area is 306 Å². The first kappa shape index (κ1) is 38.5. The van der Waals surface area contributed by atoms with Crippen molar-refractivity contribution in [3.8, 4) is 6.07 Å². The minimum atomic E-state index is -4.27. The number of anilines is 1. The molecule has 4 aromatic rings. The molecule has 2 aromatic heterocycles. The van der Waals surface area contributed by atoms with E-state index in [0.29, 0.717) is 35.7 Å². The van der Waals surface area contributed by atoms with Crippen molar-refractivity contribution in [2.24, 2.45) is 4.99 Å². The summed E-state index contributed by atoms with van der Waals surface area (Å²) in [6, 6.07) is 15.9. The van der Waals surface area contributed by atoms with Crippen LogP contribution in [0.15, 0.2) is 60.1 Å². The zero-order chi connectivity index (χ0) is 37.6. The van der Waals surface area contributed by atoms with Crippen molar-refractivity contribution >= 4 is 51.4 Å². The average molecular weight is 731 g/mol. The number of alkyl halides is 3. The minimum absolute atomic E-state index is 0.136. The summed E-state index contributed by atoms with van der Waals surface area (Å²) in [6.07, 6.45) is -0.00468. The average Bonchev–Trinajstić information content (AvgIpc) is 3.70. The molecule has 12 heteroatoms. The van der Waals surface area contributed by atoms with Gasteiger partial charge in [-0.25, -0.2) is 4.99 Å². The number of piperidine rings is 1. The molecule has 0 atom stereocenters. The molecule has 0 saturated carbocycles. The van der Waals surface area contributed by atoms with Crippen molar-refractivity contribution in [3.63, 3.8) is 0 Å². The topological polar surface area (TPSA) is 106 Å². The van der Waals surface area contributed by atoms with Crippen molar-refractivity contribution < 1.29 is 23.1 Å². The van der Waals surface area contributed by atoms with Gasteiger partial charge in [0.1, 0.15) is 17.6 Å². The predicted molar refractivity (Wildman–Crippen MR) is 203 cm³/mol. The van der Waals surface area contributed by atoms with Crippen LogP contribution in [0.2, 0.25) is 0 Å². The van der Waals surface area contributed by atoms with Crippen LogP contribution >= 0.6 is 11.3 Å². The quantitative estimate of drug-likeness (QED) is 0.115. The number of hydrogen-bond acceptors (Lipinski definition) is 7. The van der Waals surface area contributed by atoms with E-state index in [1.807, 2.05) is 43.5 Å². The van der Waals surface area contributed by atoms with Crippen LogP contribution in [-0.2, 0) is 37.3 Å². The van der Waals surface area contributed by atoms with Crippen molar-refractivity contribution in [2.45, 2.75) is 85.3 Å². The van der Waals surface area contributed by atoms with E-state index in [0.717, 1.165) is 69.8 Å². The zero-order valence-electron chi connectivity index (χ0n) is 30.0. The number of halogens is 3. The molecular weight excluding hydrogens is 686 g/mol. The number of rotatable bonds is 12. The zero-order valence-corrected chi connectivity index (χ0v) is 30.8. The minimum Gasteiger partial charge on any atom is -0.392 e. The van der Waals surface area contributed by atoms with Crippen LogP contribution in [0.25, 0.3) is 22.3 Å². The number of benzene rings is 2. The first-order chi connectivity index (χ1) is 24.8. The number of amides is 1. The Balaban J connectivity index is 1.27. The van der Waals surface area contributed by atoms with E-state index in [-0.39, 0.29) is 23.4 Å². The van der Waals surface area contributed by atoms with Gasteiger partial charge in [-0.05, 0) is 94.0 Å². The molecule has 0 unspecified atom stereocenters. The number of nitrogens with zero attached hydrogens (tertiary/aromatic N) is 4. The van der Waals surface area contributed by atoms with E-state index < -0.39 is 12.6 Å². The highest BCUT2D eigenvalue weighted by Crippen LogP contribution is 2.29. The number of aryl methyl sites for hydroxylation is 3. The second-order valence-corrected chi connectivity index (χ2v) is 14.5. The first-order valence-electron chi connectivity index (χ1n) is 17.4. The van der Waals surface area contributed by atoms with Crippen LogP contribution in [0.1, 0.15) is 66.4 Å². The highest BCUT2D eigenvalue weighted by atomic mass is 32.1. The summed E-state index contributed by atoms with van der Waals surface area (Å²) in [5.74, 6) is 0.269. The lowest BCUT2D eigenvalue weighted by atomic mass is 10.0. The van der Waals surface area contributed by atoms with Crippen LogP contribution in [0.3, 0.4) is 0 Å². The third-order valence-corrected chi connectivity index (χ3v) is 10.8. The summed E-state index contributed by atoms with van der Waals surface area (Å²) in [7, 11) is 0. The van der Waals surface area contributed by atoms with Gasteiger partial charge >= 0.3 is 6.18 Å². The van der Waals surface area contributed by atoms with Gasteiger partial charge in [-0.3, -0.25) is 9.69 Å². The Morgan fingerprint density at radius 1 is 1.15 bits per heavy atom. The maximum absolute atomic E-state index is 13.2. The highest BCUT2D eigenvalue weighted by Gasteiger charge is 2.29. The van der Waals surface area contributed by atoms with Gasteiger partial charge in [0.25, 0.3) is 0 Å². The summed E-state index contributed by atoms with van der Waals surface area (Å²) in [5, 5.41) is 27.9. The van der Waals surface area contributed by atoms with Crippen molar-refractivity contribution in [3.05, 3.63) is 97.7 Å². The number of aliphatic imine (C=N–C) groups is 1. The fourth-order valence-electron chi connectivity index (χ4n) is 6.76. The van der Waals surface area contributed by atoms with Gasteiger partial charge < -0.3 is 20.3 Å². The number of fused-ring (bicyclic) bond motifs is 1. The van der Waals surface area contributed by atoms with Crippen molar-refractivity contribution in [1.29, 1.82) is 5.26 Å². The Morgan fingerprint density at radius 2 is 1.90 bits per heavy atom. The molecule has 5 rings (SSSR count). The predicted octanol–water partition coefficient (Wildman–Crippen LogP) is 6.45. The van der Waals surface area contributed by atoms with Crippen LogP contribution < -0.4 is 20.4 Å². The number of aliphatic hydroxyl groups excluding tert-OH is 1. The molecule has 8 nitrogen and oxygen atoms in total. The molecule has 1 saturated heterocycles. The third-order valence-electron chi connectivity index (χ3n) is 9.44. The standard InChI is InChI=1S/C40H45F3N6O2S/c1-6-37(51)47-35-10-8-27(18-29(35)24-50)12-17-49-31(22-44)19-33-26(5)28(9-11-36(33)49)23-48-15-13-30(14-16-48)46-39(45-7-2)34-20-32(21-40(41,42)43)52-38(34)25(3)4/h6-11,18-20,30,46,50H,1,12-17,21,23-24H2,2-5H3,(H,47,51)/b39-34+,45-7-. The van der Waals surface area contributed by atoms with Gasteiger partial charge in [0, 0.05) is 75.2 Å². The van der Waals surface area contributed by atoms with Gasteiger partial charge in [-0.2, -0.15) is 18.4 Å². The van der Waals surface area contributed by atoms with E-state index in [2.05, 4.69) is 52.2 Å². The van der Waals surface area contributed by atoms with Crippen LogP contribution in [0.4, 0.5) is 18.9 Å². The largest absolute Gasteiger partial charge is 0.393 e. The maximum Gasteiger partial charge on any atom is 0.393 e. The molecule has 0 aliphatic carbocycles. The lowest BCUT2D eigenvalue weighted by molar-refractivity contribution is -0.126. The van der Waals surface area contributed by atoms with E-state index >= 15 is 0 Å². The molecule has 1 fully saturated rings. The van der Waals surface area contributed by atoms with Gasteiger partial charge in [0.2, 0.25) is 5.91 Å². The molecule has 1 amide bonds. The summed E-state index contributed by atoms with van der Waals surface area (Å²) < 4.78 is 42.5. The van der Waals surface area contributed by atoms with Gasteiger partial charge in [0.15, 0.2) is 0 Å². The molecule has 1 aliphatic heterocycles. The maximum atomic E-state index is 13.2. The molecule has 3 N–H and O–H groups in total. The van der Waals surface area contributed by atoms with Gasteiger partial charge in [0.05, 0.1) is 13.0 Å². The normalized spacial score (nSPS) is 14.8. The Bertz CT molecular complexity index is 2150. The third kappa shape index (κ3) is 9.20. The summed E-state index contributed by atoms with van der Waals surface area (Å²) in [4.78, 5) is 19.0. The number of aromatic nitrogens is 1. The van der Waals surface area contributed by atoms with Crippen LogP contribution in [0, 0.1) is 18.3 Å². The number of carbonyl (C=O) groups is 1. The number of likely N-dealkylation sites (tertiary alicyclic amines) is 1. The van der Waals surface area contributed by atoms with E-state index in [9.17, 15) is 28.3 Å². The fourth-order valence-corrected chi connectivity index (χ4v) is 7.91. The number of nitriles is 1. The van der Waals surface area contributed by atoms with Crippen LogP contribution in [0.5, 0.6) is 0 Å². The molecule has 2 aromatic carbocycles. The van der Waals surface area contributed by atoms with Crippen LogP contribution in [-0.4, -0.2) is 52.0 Å². The summed E-state index contributed by atoms with van der Waals surface area (Å²) >= 11 is 1.18. The number of hydrogen-bond donors (Lipinski definition) is 3. The molecule has 0 spiro atoms. The molecule has 3 heterocycles. The number of thiophene rings is 1. The Kier molecular flexibility index (Phi) is 12.4. The molecule has 274 valence electrons. The molecular formula is C40H45F3N6O2S. The highest BCUT2D eigenvalue weighted by molar-refractivity contribution is 7.09. The van der Waals surface area contributed by atoms with Gasteiger partial charge in [-0.1, -0.05) is 30.4 Å². The lowest BCUT2D eigenvalue weighted by Gasteiger charge is -2.33. The molecule has 52 heavy (non-hydrogen) atoms. The van der Waals surface area contributed by atoms with E-state index in [1.54, 1.807) is 18.3 Å². The SMILES string of the molecule is C=CC(=O)Nc1ccc(CCn2c(C#N)cc3c(C)c(CN4CCC(NC(/N=C\C)=c5\cc(CC(F)(F)F)sc5=C(C)C)CC4)ccc32)cc1CO. The second kappa shape index (κ2) is 16.8. The summed E-state index contributed by atoms with van der Waals surface area (Å²) in [5.41, 5.74) is 6.98. The van der Waals surface area contributed by atoms with Crippen molar-refractivity contribution in [1.82, 2.24) is 14.8 Å². The van der Waals surface area contributed by atoms with E-state index in [4.69, 9.17) is 0 Å².